The maximum absolute atomic E-state index is 11.6. The van der Waals surface area contributed by atoms with Crippen LogP contribution in [0.2, 0.25) is 0 Å². The Morgan fingerprint density at radius 2 is 2.53 bits per heavy atom. The monoisotopic (exact) mass is 297 g/mol. The van der Waals surface area contributed by atoms with Gasteiger partial charge in [0.2, 0.25) is 0 Å². The largest absolute Gasteiger partial charge is 0.444 e. The Hall–Kier alpha value is -1.79. The fourth-order valence-electron chi connectivity index (χ4n) is 1.46. The van der Waals surface area contributed by atoms with E-state index >= 15 is 0 Å². The van der Waals surface area contributed by atoms with Crippen LogP contribution in [-0.2, 0) is 4.74 Å². The van der Waals surface area contributed by atoms with Gasteiger partial charge in [-0.15, -0.1) is 0 Å². The number of pyridine rings is 1. The van der Waals surface area contributed by atoms with Crippen LogP contribution >= 0.6 is 15.9 Å². The first-order chi connectivity index (χ1) is 8.20. The van der Waals surface area contributed by atoms with E-state index in [1.165, 1.54) is 4.90 Å². The van der Waals surface area contributed by atoms with Crippen LogP contribution in [0.1, 0.15) is 0 Å². The van der Waals surface area contributed by atoms with Gasteiger partial charge in [-0.2, -0.15) is 0 Å². The van der Waals surface area contributed by atoms with Crippen LogP contribution in [-0.4, -0.2) is 30.3 Å². The Kier molecular flexibility index (Phi) is 3.46. The molecule has 1 fully saturated rings. The number of rotatable bonds is 3. The van der Waals surface area contributed by atoms with Crippen molar-refractivity contribution in [2.24, 2.45) is 5.11 Å². The van der Waals surface area contributed by atoms with Gasteiger partial charge in [-0.25, -0.2) is 9.78 Å². The van der Waals surface area contributed by atoms with Crippen molar-refractivity contribution in [3.63, 3.8) is 0 Å². The van der Waals surface area contributed by atoms with Gasteiger partial charge >= 0.3 is 6.09 Å². The lowest BCUT2D eigenvalue weighted by Gasteiger charge is -2.10. The van der Waals surface area contributed by atoms with Crippen LogP contribution in [0.15, 0.2) is 27.9 Å². The molecule has 0 aliphatic carbocycles. The van der Waals surface area contributed by atoms with Crippen LogP contribution in [0.5, 0.6) is 0 Å². The highest BCUT2D eigenvalue weighted by Crippen LogP contribution is 2.21. The molecule has 0 N–H and O–H groups in total. The minimum Gasteiger partial charge on any atom is -0.444 e. The highest BCUT2D eigenvalue weighted by molar-refractivity contribution is 9.10. The SMILES string of the molecule is [N-]=[N+]=NCC1CN(c2ccc(Br)cn2)C(=O)O1. The Balaban J connectivity index is 2.10. The Morgan fingerprint density at radius 3 is 3.18 bits per heavy atom. The summed E-state index contributed by atoms with van der Waals surface area (Å²) in [6, 6.07) is 3.50. The normalized spacial score (nSPS) is 18.8. The molecule has 1 aromatic rings. The average Bonchev–Trinajstić information content (AvgIpc) is 2.69. The van der Waals surface area contributed by atoms with Crippen molar-refractivity contribution < 1.29 is 9.53 Å². The minimum absolute atomic E-state index is 0.134. The van der Waals surface area contributed by atoms with Gasteiger partial charge in [0.1, 0.15) is 11.9 Å². The average molecular weight is 298 g/mol. The van der Waals surface area contributed by atoms with Crippen molar-refractivity contribution in [1.29, 1.82) is 0 Å². The lowest BCUT2D eigenvalue weighted by atomic mass is 10.3. The van der Waals surface area contributed by atoms with E-state index in [0.717, 1.165) is 4.47 Å². The molecule has 0 saturated carbocycles. The number of azide groups is 1. The summed E-state index contributed by atoms with van der Waals surface area (Å²) in [4.78, 5) is 19.7. The number of halogens is 1. The summed E-state index contributed by atoms with van der Waals surface area (Å²) in [5, 5.41) is 3.38. The van der Waals surface area contributed by atoms with E-state index in [1.807, 2.05) is 0 Å². The highest BCUT2D eigenvalue weighted by Gasteiger charge is 2.32. The molecule has 88 valence electrons. The maximum atomic E-state index is 11.6. The van der Waals surface area contributed by atoms with Gasteiger partial charge in [0.05, 0.1) is 13.1 Å². The molecule has 8 heteroatoms. The van der Waals surface area contributed by atoms with Gasteiger partial charge in [-0.05, 0) is 33.6 Å². The summed E-state index contributed by atoms with van der Waals surface area (Å²) in [6.07, 6.45) is 0.713. The molecule has 1 aliphatic heterocycles. The molecule has 17 heavy (non-hydrogen) atoms. The summed E-state index contributed by atoms with van der Waals surface area (Å²) < 4.78 is 5.86. The summed E-state index contributed by atoms with van der Waals surface area (Å²) in [5.41, 5.74) is 8.19. The number of ether oxygens (including phenoxy) is 1. The molecular weight excluding hydrogens is 290 g/mol. The zero-order valence-corrected chi connectivity index (χ0v) is 10.2. The summed E-state index contributed by atoms with van der Waals surface area (Å²) in [7, 11) is 0. The van der Waals surface area contributed by atoms with E-state index < -0.39 is 12.2 Å². The molecule has 7 nitrogen and oxygen atoms in total. The van der Waals surface area contributed by atoms with Gasteiger partial charge in [-0.3, -0.25) is 4.90 Å². The van der Waals surface area contributed by atoms with Crippen LogP contribution < -0.4 is 4.90 Å². The Bertz CT molecular complexity index is 471. The zero-order chi connectivity index (χ0) is 12.3. The number of hydrogen-bond donors (Lipinski definition) is 0. The smallest absolute Gasteiger partial charge is 0.415 e. The van der Waals surface area contributed by atoms with Gasteiger partial charge in [0, 0.05) is 15.6 Å². The number of anilines is 1. The first-order valence-corrected chi connectivity index (χ1v) is 5.60. The van der Waals surface area contributed by atoms with E-state index in [1.54, 1.807) is 18.3 Å². The number of nitrogens with zero attached hydrogens (tertiary/aromatic N) is 5. The topological polar surface area (TPSA) is 91.2 Å². The van der Waals surface area contributed by atoms with E-state index in [9.17, 15) is 4.79 Å². The van der Waals surface area contributed by atoms with Gasteiger partial charge < -0.3 is 4.74 Å². The van der Waals surface area contributed by atoms with Gasteiger partial charge in [0.15, 0.2) is 0 Å². The van der Waals surface area contributed by atoms with Crippen molar-refractivity contribution >= 4 is 27.8 Å². The lowest BCUT2D eigenvalue weighted by Crippen LogP contribution is -2.25. The molecule has 0 spiro atoms. The van der Waals surface area contributed by atoms with Gasteiger partial charge in [0.25, 0.3) is 0 Å². The number of carbonyl (C=O) groups is 1. The van der Waals surface area contributed by atoms with Crippen molar-refractivity contribution in [3.8, 4) is 0 Å². The predicted molar refractivity (Wildman–Crippen MR) is 63.6 cm³/mol. The maximum Gasteiger partial charge on any atom is 0.415 e. The standard InChI is InChI=1S/C9H8BrN5O2/c10-6-1-2-8(12-3-6)15-5-7(4-13-14-11)17-9(15)16/h1-3,7H,4-5H2. The van der Waals surface area contributed by atoms with Crippen molar-refractivity contribution in [1.82, 2.24) is 4.98 Å². The molecule has 2 heterocycles. The van der Waals surface area contributed by atoms with Crippen molar-refractivity contribution in [2.75, 3.05) is 18.0 Å². The quantitative estimate of drug-likeness (QED) is 0.487. The number of aromatic nitrogens is 1. The molecule has 1 aromatic heterocycles. The van der Waals surface area contributed by atoms with E-state index in [2.05, 4.69) is 30.9 Å². The van der Waals surface area contributed by atoms with Crippen molar-refractivity contribution in [3.05, 3.63) is 33.2 Å². The molecule has 1 aliphatic rings. The number of cyclic esters (lactones) is 1. The van der Waals surface area contributed by atoms with Crippen LogP contribution in [0.4, 0.5) is 10.6 Å². The number of amides is 1. The van der Waals surface area contributed by atoms with E-state index in [-0.39, 0.29) is 6.54 Å². The third-order valence-corrected chi connectivity index (χ3v) is 2.68. The van der Waals surface area contributed by atoms with E-state index in [4.69, 9.17) is 10.3 Å². The third kappa shape index (κ3) is 2.66. The summed E-state index contributed by atoms with van der Waals surface area (Å²) >= 11 is 3.26. The second-order valence-electron chi connectivity index (χ2n) is 3.36. The van der Waals surface area contributed by atoms with Crippen LogP contribution in [0.3, 0.4) is 0 Å². The molecule has 0 radical (unpaired) electrons. The lowest BCUT2D eigenvalue weighted by molar-refractivity contribution is 0.145. The Labute approximate surface area is 105 Å². The molecule has 1 unspecified atom stereocenters. The molecule has 2 rings (SSSR count). The Morgan fingerprint density at radius 1 is 1.71 bits per heavy atom. The molecule has 1 saturated heterocycles. The van der Waals surface area contributed by atoms with Crippen LogP contribution in [0.25, 0.3) is 10.4 Å². The fraction of sp³-hybridized carbons (Fsp3) is 0.333. The molecular formula is C9H8BrN5O2. The molecule has 1 amide bonds. The number of carbonyl (C=O) groups excluding carboxylic acids is 1. The second-order valence-corrected chi connectivity index (χ2v) is 4.28. The minimum atomic E-state index is -0.474. The second kappa shape index (κ2) is 5.03. The molecule has 1 atom stereocenters. The molecule has 0 aromatic carbocycles. The van der Waals surface area contributed by atoms with Crippen molar-refractivity contribution in [2.45, 2.75) is 6.10 Å². The first kappa shape index (κ1) is 11.7. The predicted octanol–water partition coefficient (Wildman–Crippen LogP) is 2.48. The number of hydrogen-bond acceptors (Lipinski definition) is 4. The van der Waals surface area contributed by atoms with E-state index in [0.29, 0.717) is 12.4 Å². The fourth-order valence-corrected chi connectivity index (χ4v) is 1.69. The summed E-state index contributed by atoms with van der Waals surface area (Å²) in [5.74, 6) is 0.515. The van der Waals surface area contributed by atoms with Gasteiger partial charge in [-0.1, -0.05) is 5.11 Å². The third-order valence-electron chi connectivity index (χ3n) is 2.21. The van der Waals surface area contributed by atoms with Crippen LogP contribution in [0, 0.1) is 0 Å². The summed E-state index contributed by atoms with van der Waals surface area (Å²) in [6.45, 7) is 0.474. The highest BCUT2D eigenvalue weighted by atomic mass is 79.9. The zero-order valence-electron chi connectivity index (χ0n) is 8.65. The first-order valence-electron chi connectivity index (χ1n) is 4.81. The molecule has 0 bridgehead atoms.